The monoisotopic (exact) mass is 502 g/mol. The van der Waals surface area contributed by atoms with Crippen LogP contribution in [0.4, 0.5) is 32.0 Å². The Balaban J connectivity index is 1.78. The maximum Gasteiger partial charge on any atom is 0.416 e. The molecule has 0 aliphatic carbocycles. The number of amides is 1. The minimum Gasteiger partial charge on any atom is -0.325 e. The molecule has 0 fully saturated rings. The molecular formula is C27H20F6N2O. The molecule has 0 radical (unpaired) electrons. The van der Waals surface area contributed by atoms with Crippen LogP contribution in [-0.2, 0) is 17.1 Å². The molecule has 9 heteroatoms. The number of carbonyl (C=O) groups excluding carboxylic acids is 1. The number of alkyl halides is 6. The van der Waals surface area contributed by atoms with Crippen molar-refractivity contribution in [3.8, 4) is 11.1 Å². The highest BCUT2D eigenvalue weighted by molar-refractivity contribution is 6.07. The van der Waals surface area contributed by atoms with E-state index < -0.39 is 40.9 Å². The quantitative estimate of drug-likeness (QED) is 0.288. The van der Waals surface area contributed by atoms with E-state index in [1.807, 2.05) is 37.3 Å². The van der Waals surface area contributed by atoms with Gasteiger partial charge in [-0.3, -0.25) is 9.78 Å². The van der Waals surface area contributed by atoms with Gasteiger partial charge in [0, 0.05) is 22.8 Å². The van der Waals surface area contributed by atoms with Gasteiger partial charge in [-0.2, -0.15) is 26.3 Å². The van der Waals surface area contributed by atoms with E-state index in [4.69, 9.17) is 0 Å². The number of aromatic nitrogens is 1. The van der Waals surface area contributed by atoms with Crippen molar-refractivity contribution in [3.05, 3.63) is 95.2 Å². The van der Waals surface area contributed by atoms with E-state index in [1.54, 1.807) is 24.4 Å². The minimum atomic E-state index is -5.00. The molecule has 1 amide bonds. The van der Waals surface area contributed by atoms with Crippen LogP contribution in [0, 0.1) is 6.92 Å². The third-order valence-electron chi connectivity index (χ3n) is 5.96. The van der Waals surface area contributed by atoms with Crippen molar-refractivity contribution in [2.45, 2.75) is 32.1 Å². The topological polar surface area (TPSA) is 42.0 Å². The Bertz CT molecular complexity index is 1410. The summed E-state index contributed by atoms with van der Waals surface area (Å²) < 4.78 is 79.8. The van der Waals surface area contributed by atoms with Crippen molar-refractivity contribution in [2.24, 2.45) is 0 Å². The summed E-state index contributed by atoms with van der Waals surface area (Å²) in [5.41, 5.74) is 0.0595. The van der Waals surface area contributed by atoms with Gasteiger partial charge in [0.25, 0.3) is 0 Å². The number of anilines is 1. The highest BCUT2D eigenvalue weighted by Crippen LogP contribution is 2.39. The first-order valence-electron chi connectivity index (χ1n) is 10.9. The molecule has 0 saturated heterocycles. The van der Waals surface area contributed by atoms with Crippen LogP contribution < -0.4 is 5.32 Å². The highest BCUT2D eigenvalue weighted by atomic mass is 19.4. The molecule has 0 bridgehead atoms. The van der Waals surface area contributed by atoms with Crippen LogP contribution in [0.2, 0.25) is 0 Å². The maximum absolute atomic E-state index is 13.3. The Morgan fingerprint density at radius 3 is 2.11 bits per heavy atom. The standard InChI is InChI=1S/C27H20F6N2O/c1-15-6-3-4-7-20(15)24-21-8-5-11-34-22(21)9-10-23(24)35-25(36)16(2)17-12-18(26(28,29)30)14-19(13-17)27(31,32)33/h3-14,16H,1-2H3,(H,35,36). The average Bonchev–Trinajstić information content (AvgIpc) is 2.82. The second kappa shape index (κ2) is 9.29. The number of rotatable bonds is 4. The van der Waals surface area contributed by atoms with Crippen LogP contribution in [0.25, 0.3) is 22.0 Å². The number of hydrogen-bond donors (Lipinski definition) is 1. The largest absolute Gasteiger partial charge is 0.416 e. The lowest BCUT2D eigenvalue weighted by atomic mass is 9.93. The molecule has 1 aromatic heterocycles. The third kappa shape index (κ3) is 5.05. The lowest BCUT2D eigenvalue weighted by Crippen LogP contribution is -2.21. The zero-order chi connectivity index (χ0) is 26.3. The molecule has 1 heterocycles. The molecule has 0 saturated carbocycles. The summed E-state index contributed by atoms with van der Waals surface area (Å²) in [6, 6.07) is 15.5. The highest BCUT2D eigenvalue weighted by Gasteiger charge is 2.37. The predicted octanol–water partition coefficient (Wildman–Crippen LogP) is 7.99. The van der Waals surface area contributed by atoms with Crippen LogP contribution in [0.15, 0.2) is 72.9 Å². The van der Waals surface area contributed by atoms with Gasteiger partial charge in [-0.05, 0) is 66.9 Å². The van der Waals surface area contributed by atoms with Crippen molar-refractivity contribution in [2.75, 3.05) is 5.32 Å². The van der Waals surface area contributed by atoms with Crippen molar-refractivity contribution in [1.82, 2.24) is 4.98 Å². The lowest BCUT2D eigenvalue weighted by Gasteiger charge is -2.20. The first-order valence-corrected chi connectivity index (χ1v) is 10.9. The molecule has 1 N–H and O–H groups in total. The minimum absolute atomic E-state index is 0.0424. The molecule has 1 unspecified atom stereocenters. The van der Waals surface area contributed by atoms with Crippen molar-refractivity contribution >= 4 is 22.5 Å². The number of hydrogen-bond acceptors (Lipinski definition) is 2. The molecule has 0 spiro atoms. The third-order valence-corrected chi connectivity index (χ3v) is 5.96. The van der Waals surface area contributed by atoms with Crippen LogP contribution in [-0.4, -0.2) is 10.9 Å². The molecular weight excluding hydrogens is 482 g/mol. The Morgan fingerprint density at radius 2 is 1.50 bits per heavy atom. The number of carbonyl (C=O) groups is 1. The van der Waals surface area contributed by atoms with Gasteiger partial charge in [-0.1, -0.05) is 30.3 Å². The summed E-state index contributed by atoms with van der Waals surface area (Å²) in [5.74, 6) is -2.05. The van der Waals surface area contributed by atoms with Crippen molar-refractivity contribution in [1.29, 1.82) is 0 Å². The van der Waals surface area contributed by atoms with E-state index in [1.165, 1.54) is 6.92 Å². The van der Waals surface area contributed by atoms with Crippen LogP contribution in [0.5, 0.6) is 0 Å². The van der Waals surface area contributed by atoms with Gasteiger partial charge in [-0.15, -0.1) is 0 Å². The summed E-state index contributed by atoms with van der Waals surface area (Å²) in [6.45, 7) is 3.15. The van der Waals surface area contributed by atoms with Gasteiger partial charge in [0.05, 0.1) is 22.6 Å². The Labute approximate surface area is 202 Å². The molecule has 3 nitrogen and oxygen atoms in total. The zero-order valence-electron chi connectivity index (χ0n) is 19.1. The summed E-state index contributed by atoms with van der Waals surface area (Å²) in [7, 11) is 0. The van der Waals surface area contributed by atoms with Gasteiger partial charge in [0.1, 0.15) is 0 Å². The second-order valence-corrected chi connectivity index (χ2v) is 8.42. The zero-order valence-corrected chi connectivity index (χ0v) is 19.1. The molecule has 36 heavy (non-hydrogen) atoms. The van der Waals surface area contributed by atoms with E-state index in [0.717, 1.165) is 16.5 Å². The second-order valence-electron chi connectivity index (χ2n) is 8.42. The number of halogens is 6. The molecule has 3 aromatic carbocycles. The molecule has 186 valence electrons. The smallest absolute Gasteiger partial charge is 0.325 e. The fourth-order valence-electron chi connectivity index (χ4n) is 4.02. The number of benzene rings is 3. The van der Waals surface area contributed by atoms with Crippen molar-refractivity contribution in [3.63, 3.8) is 0 Å². The molecule has 4 aromatic rings. The fraction of sp³-hybridized carbons (Fsp3) is 0.185. The van der Waals surface area contributed by atoms with Crippen LogP contribution in [0.3, 0.4) is 0 Å². The normalized spacial score (nSPS) is 13.0. The van der Waals surface area contributed by atoms with E-state index in [9.17, 15) is 31.1 Å². The molecule has 1 atom stereocenters. The molecule has 4 rings (SSSR count). The van der Waals surface area contributed by atoms with Gasteiger partial charge in [0.15, 0.2) is 0 Å². The fourth-order valence-corrected chi connectivity index (χ4v) is 4.02. The summed E-state index contributed by atoms with van der Waals surface area (Å²) >= 11 is 0. The van der Waals surface area contributed by atoms with Gasteiger partial charge in [-0.25, -0.2) is 0 Å². The van der Waals surface area contributed by atoms with Gasteiger partial charge in [0.2, 0.25) is 5.91 Å². The summed E-state index contributed by atoms with van der Waals surface area (Å²) in [4.78, 5) is 17.5. The van der Waals surface area contributed by atoms with Crippen LogP contribution in [0.1, 0.15) is 35.1 Å². The lowest BCUT2D eigenvalue weighted by molar-refractivity contribution is -0.143. The Hall–Kier alpha value is -3.88. The van der Waals surface area contributed by atoms with E-state index >= 15 is 0 Å². The predicted molar refractivity (Wildman–Crippen MR) is 125 cm³/mol. The Kier molecular flexibility index (Phi) is 6.51. The first kappa shape index (κ1) is 25.2. The van der Waals surface area contributed by atoms with Crippen molar-refractivity contribution < 1.29 is 31.1 Å². The average molecular weight is 502 g/mol. The number of nitrogens with zero attached hydrogens (tertiary/aromatic N) is 1. The summed E-state index contributed by atoms with van der Waals surface area (Å²) in [5, 5.41) is 3.45. The molecule has 0 aliphatic rings. The van der Waals surface area contributed by atoms with Gasteiger partial charge >= 0.3 is 12.4 Å². The van der Waals surface area contributed by atoms with Crippen LogP contribution >= 0.6 is 0 Å². The maximum atomic E-state index is 13.3. The number of fused-ring (bicyclic) bond motifs is 1. The summed E-state index contributed by atoms with van der Waals surface area (Å²) in [6.07, 6.45) is -8.39. The van der Waals surface area contributed by atoms with E-state index in [-0.39, 0.29) is 6.07 Å². The van der Waals surface area contributed by atoms with E-state index in [0.29, 0.717) is 28.9 Å². The Morgan fingerprint density at radius 1 is 0.861 bits per heavy atom. The number of pyridine rings is 1. The SMILES string of the molecule is Cc1ccccc1-c1c(NC(=O)C(C)c2cc(C(F)(F)F)cc(C(F)(F)F)c2)ccc2ncccc12. The number of nitrogens with one attached hydrogen (secondary N) is 1. The number of aryl methyl sites for hydroxylation is 1. The first-order chi connectivity index (χ1) is 16.9. The molecule has 0 aliphatic heterocycles. The van der Waals surface area contributed by atoms with Gasteiger partial charge < -0.3 is 5.32 Å². The van der Waals surface area contributed by atoms with E-state index in [2.05, 4.69) is 10.3 Å².